The van der Waals surface area contributed by atoms with Gasteiger partial charge in [0.15, 0.2) is 0 Å². The van der Waals surface area contributed by atoms with E-state index in [9.17, 15) is 0 Å². The van der Waals surface area contributed by atoms with Crippen LogP contribution in [0.1, 0.15) is 62.0 Å². The van der Waals surface area contributed by atoms with Gasteiger partial charge in [0.1, 0.15) is 0 Å². The lowest BCUT2D eigenvalue weighted by atomic mass is 10.0. The summed E-state index contributed by atoms with van der Waals surface area (Å²) < 4.78 is 0. The summed E-state index contributed by atoms with van der Waals surface area (Å²) in [6.07, 6.45) is 5.10. The van der Waals surface area contributed by atoms with Crippen LogP contribution in [0.15, 0.2) is 84.9 Å². The molecule has 3 heterocycles. The van der Waals surface area contributed by atoms with Gasteiger partial charge in [0, 0.05) is 11.3 Å². The maximum absolute atomic E-state index is 5.50. The van der Waals surface area contributed by atoms with E-state index in [0.29, 0.717) is 11.3 Å². The lowest BCUT2D eigenvalue weighted by Crippen LogP contribution is -2.33. The Morgan fingerprint density at radius 3 is 1.41 bits per heavy atom. The molecule has 2 nitrogen and oxygen atoms in total. The molecule has 2 fully saturated rings. The van der Waals surface area contributed by atoms with Crippen molar-refractivity contribution < 1.29 is 0 Å². The van der Waals surface area contributed by atoms with Gasteiger partial charge in [0.05, 0.1) is 21.9 Å². The lowest BCUT2D eigenvalue weighted by molar-refractivity contribution is 0.765. The number of nitrogens with zero attached hydrogens (tertiary/aromatic N) is 2. The van der Waals surface area contributed by atoms with E-state index in [-0.39, 0.29) is 7.92 Å². The fourth-order valence-electron chi connectivity index (χ4n) is 6.05. The van der Waals surface area contributed by atoms with Gasteiger partial charge in [-0.25, -0.2) is 9.97 Å². The largest absolute Gasteiger partial charge is 0.244 e. The second-order valence-corrected chi connectivity index (χ2v) is 15.4. The molecule has 0 saturated carbocycles. The molecule has 0 bridgehead atoms. The first-order valence-corrected chi connectivity index (χ1v) is 15.6. The van der Waals surface area contributed by atoms with Crippen molar-refractivity contribution in [2.24, 2.45) is 0 Å². The van der Waals surface area contributed by atoms with E-state index in [0.717, 1.165) is 22.4 Å². The SMILES string of the molecule is C[C@@H]1CC[C@@H](C)P1c1nc2ccccc2nc1P1[C@H](c2ccccc2)CC[C@H]1c1ccccc1. The summed E-state index contributed by atoms with van der Waals surface area (Å²) in [7, 11) is -0.831. The zero-order chi connectivity index (χ0) is 23.1. The molecular formula is C30H32N2P2. The molecule has 0 aliphatic carbocycles. The first kappa shape index (κ1) is 22.3. The van der Waals surface area contributed by atoms with Gasteiger partial charge in [0.25, 0.3) is 0 Å². The Hall–Kier alpha value is -2.14. The van der Waals surface area contributed by atoms with Gasteiger partial charge in [-0.2, -0.15) is 0 Å². The summed E-state index contributed by atoms with van der Waals surface area (Å²) in [6.45, 7) is 4.92. The maximum atomic E-state index is 5.50. The fraction of sp³-hybridized carbons (Fsp3) is 0.333. The quantitative estimate of drug-likeness (QED) is 0.279. The average Bonchev–Trinajstić information content (AvgIpc) is 3.47. The van der Waals surface area contributed by atoms with Crippen molar-refractivity contribution >= 4 is 37.7 Å². The molecule has 4 aromatic rings. The van der Waals surface area contributed by atoms with Crippen LogP contribution in [0.2, 0.25) is 0 Å². The third-order valence-corrected chi connectivity index (χ3v) is 14.4. The molecule has 34 heavy (non-hydrogen) atoms. The Morgan fingerprint density at radius 2 is 0.941 bits per heavy atom. The zero-order valence-corrected chi connectivity index (χ0v) is 21.8. The van der Waals surface area contributed by atoms with Crippen LogP contribution in [0, 0.1) is 0 Å². The highest BCUT2D eigenvalue weighted by Crippen LogP contribution is 2.70. The lowest BCUT2D eigenvalue weighted by Gasteiger charge is -2.31. The summed E-state index contributed by atoms with van der Waals surface area (Å²) in [5.74, 6) is 0. The van der Waals surface area contributed by atoms with Crippen LogP contribution in [0.5, 0.6) is 0 Å². The van der Waals surface area contributed by atoms with Crippen LogP contribution in [0.4, 0.5) is 0 Å². The molecule has 0 spiro atoms. The predicted molar refractivity (Wildman–Crippen MR) is 148 cm³/mol. The number of para-hydroxylation sites is 2. The Bertz CT molecular complexity index is 1220. The second-order valence-electron chi connectivity index (χ2n) is 9.88. The number of hydrogen-bond acceptors (Lipinski definition) is 2. The summed E-state index contributed by atoms with van der Waals surface area (Å²) >= 11 is 0. The van der Waals surface area contributed by atoms with Crippen molar-refractivity contribution in [3.8, 4) is 0 Å². The Labute approximate surface area is 205 Å². The van der Waals surface area contributed by atoms with E-state index >= 15 is 0 Å². The van der Waals surface area contributed by atoms with Crippen molar-refractivity contribution in [2.45, 2.75) is 62.2 Å². The molecule has 6 rings (SSSR count). The molecule has 2 saturated heterocycles. The van der Waals surface area contributed by atoms with Crippen molar-refractivity contribution in [3.63, 3.8) is 0 Å². The highest BCUT2D eigenvalue weighted by molar-refractivity contribution is 7.72. The summed E-state index contributed by atoms with van der Waals surface area (Å²) in [5.41, 5.74) is 10.4. The number of fused-ring (bicyclic) bond motifs is 1. The number of rotatable bonds is 4. The van der Waals surface area contributed by atoms with Gasteiger partial charge >= 0.3 is 0 Å². The fourth-order valence-corrected chi connectivity index (χ4v) is 13.2. The minimum absolute atomic E-state index is 0.306. The highest BCUT2D eigenvalue weighted by atomic mass is 31.1. The molecule has 0 radical (unpaired) electrons. The van der Waals surface area contributed by atoms with Crippen LogP contribution < -0.4 is 10.9 Å². The van der Waals surface area contributed by atoms with Crippen molar-refractivity contribution in [1.82, 2.24) is 9.97 Å². The Balaban J connectivity index is 1.57. The molecule has 2 aliphatic rings. The minimum Gasteiger partial charge on any atom is -0.244 e. The van der Waals surface area contributed by atoms with Crippen molar-refractivity contribution in [3.05, 3.63) is 96.1 Å². The first-order valence-electron chi connectivity index (χ1n) is 12.6. The molecule has 4 atom stereocenters. The Kier molecular flexibility index (Phi) is 6.23. The van der Waals surface area contributed by atoms with Gasteiger partial charge in [-0.15, -0.1) is 0 Å². The van der Waals surface area contributed by atoms with Gasteiger partial charge < -0.3 is 0 Å². The summed E-state index contributed by atoms with van der Waals surface area (Å²) in [4.78, 5) is 10.9. The van der Waals surface area contributed by atoms with Crippen LogP contribution in [0.3, 0.4) is 0 Å². The summed E-state index contributed by atoms with van der Waals surface area (Å²) in [5, 5.41) is 0. The third-order valence-electron chi connectivity index (χ3n) is 7.73. The van der Waals surface area contributed by atoms with Crippen LogP contribution >= 0.6 is 15.8 Å². The molecule has 4 heteroatoms. The normalized spacial score (nSPS) is 25.8. The predicted octanol–water partition coefficient (Wildman–Crippen LogP) is 7.69. The van der Waals surface area contributed by atoms with Gasteiger partial charge in [-0.1, -0.05) is 86.6 Å². The average molecular weight is 483 g/mol. The Morgan fingerprint density at radius 1 is 0.529 bits per heavy atom. The molecule has 0 N–H and O–H groups in total. The standard InChI is InChI=1S/C30H32N2P2/c1-21-17-18-22(2)33(21)29-30(32-26-16-10-9-15-25(26)31-29)34-27(23-11-5-3-6-12-23)19-20-28(34)24-13-7-4-8-14-24/h3-16,21-22,27-28H,17-20H2,1-2H3/t21-,22-,27+,28+/m1/s1. The topological polar surface area (TPSA) is 25.8 Å². The van der Waals surface area contributed by atoms with Crippen LogP contribution in [0.25, 0.3) is 11.0 Å². The molecule has 0 amide bonds. The van der Waals surface area contributed by atoms with Crippen LogP contribution in [-0.4, -0.2) is 21.3 Å². The molecule has 1 aromatic heterocycles. The molecule has 172 valence electrons. The molecule has 3 aromatic carbocycles. The number of aromatic nitrogens is 2. The zero-order valence-electron chi connectivity index (χ0n) is 20.0. The van der Waals surface area contributed by atoms with Gasteiger partial charge in [0.2, 0.25) is 0 Å². The minimum atomic E-state index is -0.525. The maximum Gasteiger partial charge on any atom is 0.0909 e. The molecule has 2 aliphatic heterocycles. The van der Waals surface area contributed by atoms with E-state index in [1.54, 1.807) is 0 Å². The van der Waals surface area contributed by atoms with Crippen molar-refractivity contribution in [1.29, 1.82) is 0 Å². The number of hydrogen-bond donors (Lipinski definition) is 0. The van der Waals surface area contributed by atoms with Crippen LogP contribution in [-0.2, 0) is 0 Å². The van der Waals surface area contributed by atoms with E-state index in [2.05, 4.69) is 98.8 Å². The van der Waals surface area contributed by atoms with Gasteiger partial charge in [-0.05, 0) is 76.1 Å². The van der Waals surface area contributed by atoms with Crippen molar-refractivity contribution in [2.75, 3.05) is 0 Å². The smallest absolute Gasteiger partial charge is 0.0909 e. The molecular weight excluding hydrogens is 450 g/mol. The monoisotopic (exact) mass is 482 g/mol. The van der Waals surface area contributed by atoms with Gasteiger partial charge in [-0.3, -0.25) is 0 Å². The molecule has 0 unspecified atom stereocenters. The third kappa shape index (κ3) is 4.00. The van der Waals surface area contributed by atoms with E-state index in [1.807, 2.05) is 0 Å². The van der Waals surface area contributed by atoms with E-state index < -0.39 is 7.92 Å². The van der Waals surface area contributed by atoms with E-state index in [4.69, 9.17) is 9.97 Å². The van der Waals surface area contributed by atoms with E-state index in [1.165, 1.54) is 47.7 Å². The first-order chi connectivity index (χ1) is 16.7. The second kappa shape index (κ2) is 9.49. The summed E-state index contributed by atoms with van der Waals surface area (Å²) in [6, 6.07) is 31.0. The number of benzene rings is 3. The highest BCUT2D eigenvalue weighted by Gasteiger charge is 2.43.